The van der Waals surface area contributed by atoms with Crippen LogP contribution in [0.4, 0.5) is 0 Å². The van der Waals surface area contributed by atoms with Crippen LogP contribution >= 0.6 is 11.6 Å². The molecule has 16 heavy (non-hydrogen) atoms. The molecule has 1 aromatic rings. The van der Waals surface area contributed by atoms with Gasteiger partial charge in [0.25, 0.3) is 0 Å². The normalized spacial score (nSPS) is 22.4. The van der Waals surface area contributed by atoms with Gasteiger partial charge in [-0.2, -0.15) is 0 Å². The van der Waals surface area contributed by atoms with Gasteiger partial charge in [-0.15, -0.1) is 0 Å². The fraction of sp³-hybridized carbons (Fsp3) is 0.273. The molecule has 5 heteroatoms. The Labute approximate surface area is 100 Å². The molecule has 0 aliphatic carbocycles. The van der Waals surface area contributed by atoms with Crippen LogP contribution in [0.3, 0.4) is 0 Å². The van der Waals surface area contributed by atoms with E-state index < -0.39 is 9.84 Å². The average Bonchev–Trinajstić information content (AvgIpc) is 2.57. The molecule has 0 unspecified atom stereocenters. The van der Waals surface area contributed by atoms with E-state index in [0.29, 0.717) is 11.6 Å². The summed E-state index contributed by atoms with van der Waals surface area (Å²) in [4.78, 5) is 0. The maximum atomic E-state index is 11.2. The molecular weight excluding hydrogens is 246 g/mol. The van der Waals surface area contributed by atoms with Gasteiger partial charge in [-0.3, -0.25) is 0 Å². The van der Waals surface area contributed by atoms with Gasteiger partial charge >= 0.3 is 0 Å². The van der Waals surface area contributed by atoms with Crippen molar-refractivity contribution < 1.29 is 8.42 Å². The second kappa shape index (κ2) is 4.57. The van der Waals surface area contributed by atoms with Gasteiger partial charge in [-0.1, -0.05) is 35.9 Å². The molecule has 0 fully saturated rings. The Morgan fingerprint density at radius 3 is 2.75 bits per heavy atom. The highest BCUT2D eigenvalue weighted by molar-refractivity contribution is 7.94. The number of halogens is 1. The molecule has 1 N–H and O–H groups in total. The van der Waals surface area contributed by atoms with Crippen LogP contribution in [-0.2, 0) is 16.4 Å². The minimum Gasteiger partial charge on any atom is -0.305 e. The van der Waals surface area contributed by atoms with Gasteiger partial charge in [0.05, 0.1) is 5.75 Å². The van der Waals surface area contributed by atoms with E-state index in [-0.39, 0.29) is 11.8 Å². The molecule has 1 aliphatic heterocycles. The molecule has 1 aromatic carbocycles. The largest absolute Gasteiger partial charge is 0.305 e. The van der Waals surface area contributed by atoms with E-state index in [1.165, 1.54) is 5.41 Å². The lowest BCUT2D eigenvalue weighted by atomic mass is 10.2. The summed E-state index contributed by atoms with van der Waals surface area (Å²) >= 11 is 5.99. The molecule has 86 valence electrons. The van der Waals surface area contributed by atoms with Gasteiger partial charge in [0.2, 0.25) is 0 Å². The summed E-state index contributed by atoms with van der Waals surface area (Å²) in [6, 6.07) is 7.40. The Morgan fingerprint density at radius 2 is 2.12 bits per heavy atom. The first-order valence-electron chi connectivity index (χ1n) is 4.94. The summed E-state index contributed by atoms with van der Waals surface area (Å²) in [6.45, 7) is 0.574. The van der Waals surface area contributed by atoms with E-state index in [1.807, 2.05) is 24.3 Å². The van der Waals surface area contributed by atoms with Crippen molar-refractivity contribution in [3.63, 3.8) is 0 Å². The molecule has 1 atom stereocenters. The molecule has 1 heterocycles. The van der Waals surface area contributed by atoms with Gasteiger partial charge in [0.1, 0.15) is 0 Å². The molecule has 2 rings (SSSR count). The summed E-state index contributed by atoms with van der Waals surface area (Å²) in [6.07, 6.45) is 1.67. The molecule has 0 radical (unpaired) electrons. The summed E-state index contributed by atoms with van der Waals surface area (Å²) in [7, 11) is -2.99. The van der Waals surface area contributed by atoms with Crippen LogP contribution in [-0.4, -0.2) is 20.2 Å². The number of sulfone groups is 1. The Morgan fingerprint density at radius 1 is 1.38 bits per heavy atom. The summed E-state index contributed by atoms with van der Waals surface area (Å²) in [5, 5.41) is 5.10. The summed E-state index contributed by atoms with van der Waals surface area (Å²) < 4.78 is 22.3. The molecule has 0 spiro atoms. The summed E-state index contributed by atoms with van der Waals surface area (Å²) in [5.41, 5.74) is 0.974. The topological polar surface area (TPSA) is 46.2 Å². The van der Waals surface area contributed by atoms with E-state index in [2.05, 4.69) is 5.32 Å². The van der Waals surface area contributed by atoms with Crippen LogP contribution in [0.2, 0.25) is 5.02 Å². The van der Waals surface area contributed by atoms with Crippen LogP contribution in [0.5, 0.6) is 0 Å². The second-order valence-electron chi connectivity index (χ2n) is 3.74. The van der Waals surface area contributed by atoms with Gasteiger partial charge in [-0.05, 0) is 11.6 Å². The van der Waals surface area contributed by atoms with E-state index in [1.54, 1.807) is 6.08 Å². The highest BCUT2D eigenvalue weighted by Crippen LogP contribution is 2.15. The Balaban J connectivity index is 1.95. The fourth-order valence-corrected chi connectivity index (χ4v) is 3.06. The molecule has 0 aromatic heterocycles. The standard InChI is InChI=1S/C11H12ClNO2S/c12-11-4-2-1-3-9(11)7-13-10-5-6-16(14,15)8-10/h1-6,10,13H,7-8H2/t10-/m1/s1. The zero-order valence-electron chi connectivity index (χ0n) is 8.56. The lowest BCUT2D eigenvalue weighted by Gasteiger charge is -2.10. The first-order valence-corrected chi connectivity index (χ1v) is 7.04. The maximum absolute atomic E-state index is 11.2. The average molecular weight is 258 g/mol. The predicted molar refractivity (Wildman–Crippen MR) is 65.0 cm³/mol. The van der Waals surface area contributed by atoms with Crippen molar-refractivity contribution in [2.24, 2.45) is 0 Å². The lowest BCUT2D eigenvalue weighted by molar-refractivity contribution is 0.590. The Bertz CT molecular complexity index is 510. The Kier molecular flexibility index (Phi) is 3.33. The van der Waals surface area contributed by atoms with Crippen LogP contribution in [0.1, 0.15) is 5.56 Å². The van der Waals surface area contributed by atoms with Crippen molar-refractivity contribution in [3.8, 4) is 0 Å². The van der Waals surface area contributed by atoms with Crippen LogP contribution in [0.15, 0.2) is 35.7 Å². The van der Waals surface area contributed by atoms with Crippen molar-refractivity contribution in [3.05, 3.63) is 46.3 Å². The molecule has 0 amide bonds. The van der Waals surface area contributed by atoms with Crippen molar-refractivity contribution in [1.29, 1.82) is 0 Å². The van der Waals surface area contributed by atoms with Gasteiger partial charge in [-0.25, -0.2) is 8.42 Å². The van der Waals surface area contributed by atoms with E-state index in [4.69, 9.17) is 11.6 Å². The predicted octanol–water partition coefficient (Wildman–Crippen LogP) is 1.74. The summed E-state index contributed by atoms with van der Waals surface area (Å²) in [5.74, 6) is 0.136. The van der Waals surface area contributed by atoms with Gasteiger partial charge in [0, 0.05) is 23.0 Å². The number of hydrogen-bond acceptors (Lipinski definition) is 3. The van der Waals surface area contributed by atoms with Crippen LogP contribution in [0, 0.1) is 0 Å². The number of benzene rings is 1. The van der Waals surface area contributed by atoms with E-state index >= 15 is 0 Å². The SMILES string of the molecule is O=S1(=O)C=C[C@@H](NCc2ccccc2Cl)C1. The third-order valence-electron chi connectivity index (χ3n) is 2.44. The van der Waals surface area contributed by atoms with Gasteiger partial charge in [0.15, 0.2) is 9.84 Å². The molecule has 3 nitrogen and oxygen atoms in total. The number of hydrogen-bond donors (Lipinski definition) is 1. The lowest BCUT2D eigenvalue weighted by Crippen LogP contribution is -2.29. The zero-order valence-corrected chi connectivity index (χ0v) is 10.1. The maximum Gasteiger partial charge on any atom is 0.173 e. The van der Waals surface area contributed by atoms with Crippen molar-refractivity contribution >= 4 is 21.4 Å². The molecular formula is C11H12ClNO2S. The van der Waals surface area contributed by atoms with Crippen molar-refractivity contribution in [2.75, 3.05) is 5.75 Å². The first kappa shape index (κ1) is 11.6. The highest BCUT2D eigenvalue weighted by Gasteiger charge is 2.20. The van der Waals surface area contributed by atoms with Crippen LogP contribution < -0.4 is 5.32 Å². The smallest absolute Gasteiger partial charge is 0.173 e. The molecule has 1 aliphatic rings. The van der Waals surface area contributed by atoms with Crippen molar-refractivity contribution in [2.45, 2.75) is 12.6 Å². The minimum atomic E-state index is -2.99. The van der Waals surface area contributed by atoms with E-state index in [0.717, 1.165) is 5.56 Å². The van der Waals surface area contributed by atoms with Gasteiger partial charge < -0.3 is 5.32 Å². The number of rotatable bonds is 3. The highest BCUT2D eigenvalue weighted by atomic mass is 35.5. The second-order valence-corrected chi connectivity index (χ2v) is 6.08. The molecule has 0 saturated heterocycles. The molecule has 0 saturated carbocycles. The fourth-order valence-electron chi connectivity index (χ4n) is 1.59. The third kappa shape index (κ3) is 2.84. The van der Waals surface area contributed by atoms with E-state index in [9.17, 15) is 8.42 Å². The third-order valence-corrected chi connectivity index (χ3v) is 4.21. The Hall–Kier alpha value is -0.840. The quantitative estimate of drug-likeness (QED) is 0.897. The number of nitrogens with one attached hydrogen (secondary N) is 1. The molecule has 0 bridgehead atoms. The van der Waals surface area contributed by atoms with Crippen molar-refractivity contribution in [1.82, 2.24) is 5.32 Å². The first-order chi connectivity index (χ1) is 7.57. The zero-order chi connectivity index (χ0) is 11.6. The van der Waals surface area contributed by atoms with Crippen LogP contribution in [0.25, 0.3) is 0 Å². The minimum absolute atomic E-state index is 0.110. The monoisotopic (exact) mass is 257 g/mol.